The predicted octanol–water partition coefficient (Wildman–Crippen LogP) is 4.68. The summed E-state index contributed by atoms with van der Waals surface area (Å²) < 4.78 is 13.1. The third kappa shape index (κ3) is 5.88. The van der Waals surface area contributed by atoms with Crippen molar-refractivity contribution in [2.45, 2.75) is 16.2 Å². The number of benzene rings is 2. The molecule has 1 saturated heterocycles. The molecule has 3 nitrogen and oxygen atoms in total. The van der Waals surface area contributed by atoms with E-state index in [0.29, 0.717) is 0 Å². The molecule has 2 aromatic carbocycles. The second-order valence-corrected chi connectivity index (χ2v) is 8.17. The molecule has 0 saturated carbocycles. The minimum Gasteiger partial charge on any atom is -0.384 e. The Morgan fingerprint density at radius 3 is 2.54 bits per heavy atom. The molecule has 1 fully saturated rings. The topological polar surface area (TPSA) is 18.5 Å². The van der Waals surface area contributed by atoms with Gasteiger partial charge in [-0.3, -0.25) is 0 Å². The van der Waals surface area contributed by atoms with E-state index in [4.69, 9.17) is 11.6 Å². The number of anilines is 1. The van der Waals surface area contributed by atoms with E-state index < -0.39 is 0 Å². The Labute approximate surface area is 164 Å². The monoisotopic (exact) mass is 393 g/mol. The highest BCUT2D eigenvalue weighted by atomic mass is 35.5. The van der Waals surface area contributed by atoms with Crippen LogP contribution in [0.3, 0.4) is 0 Å². The second kappa shape index (κ2) is 9.60. The summed E-state index contributed by atoms with van der Waals surface area (Å²) in [6.07, 6.45) is 1.09. The summed E-state index contributed by atoms with van der Waals surface area (Å²) in [6, 6.07) is 12.4. The SMILES string of the molecule is CN1CCN(CCCNc2cc(Cl)ccc2Sc2ccc(F)cc2)CC1. The average molecular weight is 394 g/mol. The first-order valence-corrected chi connectivity index (χ1v) is 10.2. The molecule has 1 heterocycles. The van der Waals surface area contributed by atoms with Gasteiger partial charge in [0.1, 0.15) is 5.82 Å². The first kappa shape index (κ1) is 19.5. The van der Waals surface area contributed by atoms with Gasteiger partial charge < -0.3 is 15.1 Å². The van der Waals surface area contributed by atoms with E-state index in [9.17, 15) is 4.39 Å². The van der Waals surface area contributed by atoms with E-state index >= 15 is 0 Å². The zero-order chi connectivity index (χ0) is 18.4. The number of hydrogen-bond acceptors (Lipinski definition) is 4. The number of nitrogens with one attached hydrogen (secondary N) is 1. The van der Waals surface area contributed by atoms with Crippen LogP contribution in [0, 0.1) is 5.82 Å². The van der Waals surface area contributed by atoms with Crippen molar-refractivity contribution in [2.24, 2.45) is 0 Å². The van der Waals surface area contributed by atoms with Crippen LogP contribution in [0.15, 0.2) is 52.3 Å². The summed E-state index contributed by atoms with van der Waals surface area (Å²) in [7, 11) is 2.18. The summed E-state index contributed by atoms with van der Waals surface area (Å²) in [5.41, 5.74) is 1.03. The van der Waals surface area contributed by atoms with Crippen LogP contribution < -0.4 is 5.32 Å². The summed E-state index contributed by atoms with van der Waals surface area (Å²) >= 11 is 7.79. The fraction of sp³-hybridized carbons (Fsp3) is 0.400. The van der Waals surface area contributed by atoms with Crippen LogP contribution in [0.1, 0.15) is 6.42 Å². The third-order valence-corrected chi connectivity index (χ3v) is 5.86. The lowest BCUT2D eigenvalue weighted by atomic mass is 10.3. The van der Waals surface area contributed by atoms with Crippen molar-refractivity contribution in [3.05, 3.63) is 53.3 Å². The molecule has 0 aliphatic carbocycles. The van der Waals surface area contributed by atoms with E-state index in [1.54, 1.807) is 23.9 Å². The van der Waals surface area contributed by atoms with Gasteiger partial charge >= 0.3 is 0 Å². The third-order valence-electron chi connectivity index (χ3n) is 4.55. The number of nitrogens with zero attached hydrogens (tertiary/aromatic N) is 2. The van der Waals surface area contributed by atoms with Gasteiger partial charge in [-0.25, -0.2) is 4.39 Å². The Morgan fingerprint density at radius 1 is 1.08 bits per heavy atom. The molecular weight excluding hydrogens is 369 g/mol. The van der Waals surface area contributed by atoms with Crippen molar-refractivity contribution >= 4 is 29.1 Å². The van der Waals surface area contributed by atoms with Crippen LogP contribution in [0.4, 0.5) is 10.1 Å². The van der Waals surface area contributed by atoms with Gasteiger partial charge in [0.25, 0.3) is 0 Å². The van der Waals surface area contributed by atoms with E-state index in [1.807, 2.05) is 18.2 Å². The molecule has 0 atom stereocenters. The normalized spacial score (nSPS) is 16.0. The quantitative estimate of drug-likeness (QED) is 0.688. The summed E-state index contributed by atoms with van der Waals surface area (Å²) in [5, 5.41) is 4.24. The molecule has 0 radical (unpaired) electrons. The summed E-state index contributed by atoms with van der Waals surface area (Å²) in [4.78, 5) is 7.00. The highest BCUT2D eigenvalue weighted by molar-refractivity contribution is 7.99. The van der Waals surface area contributed by atoms with Crippen LogP contribution in [-0.4, -0.2) is 56.1 Å². The van der Waals surface area contributed by atoms with Gasteiger partial charge in [0, 0.05) is 53.2 Å². The first-order chi connectivity index (χ1) is 12.6. The first-order valence-electron chi connectivity index (χ1n) is 8.98. The smallest absolute Gasteiger partial charge is 0.123 e. The van der Waals surface area contributed by atoms with Gasteiger partial charge in [0.05, 0.1) is 0 Å². The molecular formula is C20H25ClFN3S. The highest BCUT2D eigenvalue weighted by Crippen LogP contribution is 2.35. The van der Waals surface area contributed by atoms with Crippen molar-refractivity contribution in [1.29, 1.82) is 0 Å². The minimum atomic E-state index is -0.215. The molecule has 0 amide bonds. The number of rotatable bonds is 7. The predicted molar refractivity (Wildman–Crippen MR) is 109 cm³/mol. The van der Waals surface area contributed by atoms with E-state index in [2.05, 4.69) is 22.2 Å². The van der Waals surface area contributed by atoms with Crippen molar-refractivity contribution in [3.8, 4) is 0 Å². The van der Waals surface area contributed by atoms with Crippen LogP contribution in [-0.2, 0) is 0 Å². The molecule has 1 aliphatic heterocycles. The molecule has 0 unspecified atom stereocenters. The average Bonchev–Trinajstić information content (AvgIpc) is 2.64. The summed E-state index contributed by atoms with van der Waals surface area (Å²) in [5.74, 6) is -0.215. The molecule has 2 aromatic rings. The zero-order valence-electron chi connectivity index (χ0n) is 15.0. The van der Waals surface area contributed by atoms with Crippen molar-refractivity contribution in [1.82, 2.24) is 9.80 Å². The molecule has 0 bridgehead atoms. The Bertz CT molecular complexity index is 703. The molecule has 140 valence electrons. The molecule has 1 aliphatic rings. The molecule has 26 heavy (non-hydrogen) atoms. The van der Waals surface area contributed by atoms with Crippen molar-refractivity contribution in [3.63, 3.8) is 0 Å². The fourth-order valence-corrected chi connectivity index (χ4v) is 4.03. The zero-order valence-corrected chi connectivity index (χ0v) is 16.6. The minimum absolute atomic E-state index is 0.215. The van der Waals surface area contributed by atoms with E-state index in [0.717, 1.165) is 66.2 Å². The highest BCUT2D eigenvalue weighted by Gasteiger charge is 2.13. The van der Waals surface area contributed by atoms with Gasteiger partial charge in [-0.15, -0.1) is 0 Å². The van der Waals surface area contributed by atoms with Crippen LogP contribution in [0.2, 0.25) is 5.02 Å². The molecule has 0 aromatic heterocycles. The lowest BCUT2D eigenvalue weighted by Gasteiger charge is -2.32. The number of piperazine rings is 1. The van der Waals surface area contributed by atoms with Crippen LogP contribution in [0.25, 0.3) is 0 Å². The Kier molecular flexibility index (Phi) is 7.20. The Morgan fingerprint density at radius 2 is 1.81 bits per heavy atom. The van der Waals surface area contributed by atoms with E-state index in [-0.39, 0.29) is 5.82 Å². The second-order valence-electron chi connectivity index (χ2n) is 6.62. The van der Waals surface area contributed by atoms with E-state index in [1.165, 1.54) is 12.1 Å². The molecule has 6 heteroatoms. The lowest BCUT2D eigenvalue weighted by Crippen LogP contribution is -2.44. The molecule has 1 N–H and O–H groups in total. The van der Waals surface area contributed by atoms with Gasteiger partial charge in [0.2, 0.25) is 0 Å². The van der Waals surface area contributed by atoms with Crippen LogP contribution >= 0.6 is 23.4 Å². The molecule has 3 rings (SSSR count). The Hall–Kier alpha value is -1.27. The van der Waals surface area contributed by atoms with Crippen molar-refractivity contribution < 1.29 is 4.39 Å². The number of halogens is 2. The number of hydrogen-bond donors (Lipinski definition) is 1. The number of likely N-dealkylation sites (N-methyl/N-ethyl adjacent to an activating group) is 1. The van der Waals surface area contributed by atoms with Gasteiger partial charge in [-0.05, 0) is 62.5 Å². The van der Waals surface area contributed by atoms with Gasteiger partial charge in [-0.2, -0.15) is 0 Å². The fourth-order valence-electron chi connectivity index (χ4n) is 2.96. The largest absolute Gasteiger partial charge is 0.384 e. The summed E-state index contributed by atoms with van der Waals surface area (Å²) in [6.45, 7) is 6.63. The molecule has 0 spiro atoms. The standard InChI is InChI=1S/C20H25ClFN3S/c1-24-11-13-25(14-12-24)10-2-9-23-19-15-16(21)3-8-20(19)26-18-6-4-17(22)5-7-18/h3-8,15,23H,2,9-14H2,1H3. The van der Waals surface area contributed by atoms with Crippen LogP contribution in [0.5, 0.6) is 0 Å². The maximum absolute atomic E-state index is 13.1. The Balaban J connectivity index is 1.53. The lowest BCUT2D eigenvalue weighted by molar-refractivity contribution is 0.154. The van der Waals surface area contributed by atoms with Gasteiger partial charge in [0.15, 0.2) is 0 Å². The maximum Gasteiger partial charge on any atom is 0.123 e. The maximum atomic E-state index is 13.1. The van der Waals surface area contributed by atoms with Gasteiger partial charge in [-0.1, -0.05) is 23.4 Å². The van der Waals surface area contributed by atoms with Crippen molar-refractivity contribution in [2.75, 3.05) is 51.6 Å².